The van der Waals surface area contributed by atoms with E-state index in [9.17, 15) is 4.79 Å². The molecule has 0 saturated carbocycles. The third kappa shape index (κ3) is 2.56. The number of benzene rings is 1. The van der Waals surface area contributed by atoms with Crippen molar-refractivity contribution in [2.24, 2.45) is 5.16 Å². The molecule has 5 heteroatoms. The number of carbonyl (C=O) groups is 1. The Bertz CT molecular complexity index is 377. The minimum absolute atomic E-state index is 0.464. The highest BCUT2D eigenvalue weighted by atomic mass is 79.9. The lowest BCUT2D eigenvalue weighted by Gasteiger charge is -2.06. The van der Waals surface area contributed by atoms with E-state index in [0.29, 0.717) is 5.69 Å². The van der Waals surface area contributed by atoms with Crippen LogP contribution in [0, 0.1) is 6.92 Å². The fraction of sp³-hybridized carbons (Fsp3) is 0.111. The lowest BCUT2D eigenvalue weighted by Crippen LogP contribution is -2.13. The maximum atomic E-state index is 11.0. The number of hydrogen-bond donors (Lipinski definition) is 2. The van der Waals surface area contributed by atoms with Gasteiger partial charge < -0.3 is 10.5 Å². The van der Waals surface area contributed by atoms with Gasteiger partial charge in [0.2, 0.25) is 0 Å². The van der Waals surface area contributed by atoms with Gasteiger partial charge in [-0.3, -0.25) is 4.79 Å². The van der Waals surface area contributed by atoms with Gasteiger partial charge in [-0.25, -0.2) is 0 Å². The second kappa shape index (κ2) is 4.76. The zero-order valence-electron chi connectivity index (χ0n) is 7.49. The van der Waals surface area contributed by atoms with Crippen LogP contribution in [0.5, 0.6) is 0 Å². The van der Waals surface area contributed by atoms with Crippen LogP contribution in [0.2, 0.25) is 0 Å². The van der Waals surface area contributed by atoms with E-state index in [0.717, 1.165) is 16.3 Å². The quantitative estimate of drug-likeness (QED) is 0.484. The second-order valence-corrected chi connectivity index (χ2v) is 3.50. The van der Waals surface area contributed by atoms with Gasteiger partial charge in [-0.1, -0.05) is 27.2 Å². The molecule has 0 spiro atoms. The lowest BCUT2D eigenvalue weighted by atomic mass is 10.2. The minimum Gasteiger partial charge on any atom is -0.411 e. The Labute approximate surface area is 89.7 Å². The number of carbonyl (C=O) groups excluding carboxylic acids is 1. The summed E-state index contributed by atoms with van der Waals surface area (Å²) in [6.45, 7) is 1.87. The van der Waals surface area contributed by atoms with Crippen molar-refractivity contribution in [3.05, 3.63) is 28.2 Å². The second-order valence-electron chi connectivity index (χ2n) is 2.65. The Morgan fingerprint density at radius 2 is 2.36 bits per heavy atom. The summed E-state index contributed by atoms with van der Waals surface area (Å²) in [7, 11) is 0. The maximum Gasteiger partial charge on any atom is 0.270 e. The van der Waals surface area contributed by atoms with Crippen LogP contribution >= 0.6 is 15.9 Å². The van der Waals surface area contributed by atoms with E-state index in [2.05, 4.69) is 26.4 Å². The molecule has 0 radical (unpaired) electrons. The van der Waals surface area contributed by atoms with Crippen LogP contribution in [0.4, 0.5) is 5.69 Å². The van der Waals surface area contributed by atoms with Crippen molar-refractivity contribution in [3.8, 4) is 0 Å². The average molecular weight is 257 g/mol. The van der Waals surface area contributed by atoms with Gasteiger partial charge >= 0.3 is 0 Å². The van der Waals surface area contributed by atoms with E-state index in [4.69, 9.17) is 5.21 Å². The number of anilines is 1. The van der Waals surface area contributed by atoms with Gasteiger partial charge in [0.05, 0.1) is 0 Å². The molecule has 1 aromatic rings. The topological polar surface area (TPSA) is 61.7 Å². The van der Waals surface area contributed by atoms with Crippen molar-refractivity contribution < 1.29 is 10.0 Å². The molecule has 0 fully saturated rings. The van der Waals surface area contributed by atoms with Crippen LogP contribution in [0.25, 0.3) is 0 Å². The van der Waals surface area contributed by atoms with Gasteiger partial charge in [-0.05, 0) is 24.6 Å². The summed E-state index contributed by atoms with van der Waals surface area (Å²) >= 11 is 3.34. The van der Waals surface area contributed by atoms with Crippen molar-refractivity contribution in [1.29, 1.82) is 0 Å². The Kier molecular flexibility index (Phi) is 3.64. The normalized spacial score (nSPS) is 10.4. The number of hydrogen-bond acceptors (Lipinski definition) is 3. The van der Waals surface area contributed by atoms with Gasteiger partial charge in [-0.2, -0.15) is 0 Å². The minimum atomic E-state index is -0.464. The summed E-state index contributed by atoms with van der Waals surface area (Å²) in [6.07, 6.45) is 0.806. The smallest absolute Gasteiger partial charge is 0.270 e. The molecule has 0 aromatic heterocycles. The molecule has 0 saturated heterocycles. The van der Waals surface area contributed by atoms with Crippen molar-refractivity contribution in [2.45, 2.75) is 6.92 Å². The molecule has 0 aliphatic carbocycles. The van der Waals surface area contributed by atoms with E-state index in [1.54, 1.807) is 6.07 Å². The van der Waals surface area contributed by atoms with Crippen molar-refractivity contribution in [1.82, 2.24) is 0 Å². The van der Waals surface area contributed by atoms with E-state index in [1.807, 2.05) is 19.1 Å². The molecule has 1 aromatic carbocycles. The Balaban J connectivity index is 2.87. The molecular weight excluding hydrogens is 248 g/mol. The summed E-state index contributed by atoms with van der Waals surface area (Å²) in [5.41, 5.74) is 1.61. The van der Waals surface area contributed by atoms with Gasteiger partial charge in [0, 0.05) is 10.2 Å². The van der Waals surface area contributed by atoms with Gasteiger partial charge in [0.1, 0.15) is 6.21 Å². The summed E-state index contributed by atoms with van der Waals surface area (Å²) in [6, 6.07) is 5.46. The standard InChI is InChI=1S/C9H9BrN2O2/c1-6-7(10)3-2-4-8(6)12-9(13)5-11-14/h2-5,14H,1H3,(H,12,13)/b11-5-. The molecule has 0 unspecified atom stereocenters. The first-order valence-corrected chi connectivity index (χ1v) is 4.68. The Morgan fingerprint density at radius 1 is 1.64 bits per heavy atom. The molecular formula is C9H9BrN2O2. The highest BCUT2D eigenvalue weighted by Gasteiger charge is 2.03. The van der Waals surface area contributed by atoms with Crippen molar-refractivity contribution in [3.63, 3.8) is 0 Å². The molecule has 4 nitrogen and oxygen atoms in total. The third-order valence-electron chi connectivity index (χ3n) is 1.70. The predicted octanol–water partition coefficient (Wildman–Crippen LogP) is 2.16. The number of oxime groups is 1. The number of nitrogens with zero attached hydrogens (tertiary/aromatic N) is 1. The van der Waals surface area contributed by atoms with Crippen LogP contribution in [0.15, 0.2) is 27.8 Å². The number of nitrogens with one attached hydrogen (secondary N) is 1. The third-order valence-corrected chi connectivity index (χ3v) is 2.56. The zero-order chi connectivity index (χ0) is 10.6. The molecule has 0 aliphatic heterocycles. The van der Waals surface area contributed by atoms with Crippen LogP contribution in [0.1, 0.15) is 5.56 Å². The van der Waals surface area contributed by atoms with E-state index in [1.165, 1.54) is 0 Å². The Morgan fingerprint density at radius 3 is 3.00 bits per heavy atom. The monoisotopic (exact) mass is 256 g/mol. The van der Waals surface area contributed by atoms with Crippen LogP contribution < -0.4 is 5.32 Å². The molecule has 1 rings (SSSR count). The number of rotatable bonds is 2. The first kappa shape index (κ1) is 10.7. The Hall–Kier alpha value is -1.36. The molecule has 14 heavy (non-hydrogen) atoms. The van der Waals surface area contributed by atoms with Gasteiger partial charge in [0.25, 0.3) is 5.91 Å². The van der Waals surface area contributed by atoms with E-state index >= 15 is 0 Å². The highest BCUT2D eigenvalue weighted by Crippen LogP contribution is 2.23. The lowest BCUT2D eigenvalue weighted by molar-refractivity contribution is -0.110. The van der Waals surface area contributed by atoms with E-state index < -0.39 is 5.91 Å². The molecule has 74 valence electrons. The summed E-state index contributed by atoms with van der Waals surface area (Å²) in [5, 5.41) is 13.3. The largest absolute Gasteiger partial charge is 0.411 e. The summed E-state index contributed by atoms with van der Waals surface area (Å²) in [5.74, 6) is -0.464. The summed E-state index contributed by atoms with van der Waals surface area (Å²) in [4.78, 5) is 11.0. The van der Waals surface area contributed by atoms with Crippen molar-refractivity contribution in [2.75, 3.05) is 5.32 Å². The molecule has 2 N–H and O–H groups in total. The molecule has 0 bridgehead atoms. The average Bonchev–Trinajstić information content (AvgIpc) is 2.13. The number of halogens is 1. The first-order chi connectivity index (χ1) is 6.65. The SMILES string of the molecule is Cc1c(Br)cccc1NC(=O)/C=N\O. The van der Waals surface area contributed by atoms with Crippen LogP contribution in [-0.4, -0.2) is 17.3 Å². The van der Waals surface area contributed by atoms with Crippen LogP contribution in [-0.2, 0) is 4.79 Å². The first-order valence-electron chi connectivity index (χ1n) is 3.88. The molecule has 1 amide bonds. The fourth-order valence-electron chi connectivity index (χ4n) is 0.960. The number of amides is 1. The highest BCUT2D eigenvalue weighted by molar-refractivity contribution is 9.10. The molecule has 0 aliphatic rings. The molecule has 0 heterocycles. The van der Waals surface area contributed by atoms with E-state index in [-0.39, 0.29) is 0 Å². The predicted molar refractivity (Wildman–Crippen MR) is 57.8 cm³/mol. The maximum absolute atomic E-state index is 11.0. The van der Waals surface area contributed by atoms with Gasteiger partial charge in [-0.15, -0.1) is 0 Å². The molecule has 0 atom stereocenters. The van der Waals surface area contributed by atoms with Crippen molar-refractivity contribution >= 4 is 33.7 Å². The zero-order valence-corrected chi connectivity index (χ0v) is 9.08. The van der Waals surface area contributed by atoms with Crippen LogP contribution in [0.3, 0.4) is 0 Å². The van der Waals surface area contributed by atoms with Gasteiger partial charge in [0.15, 0.2) is 0 Å². The fourth-order valence-corrected chi connectivity index (χ4v) is 1.33. The summed E-state index contributed by atoms with van der Waals surface area (Å²) < 4.78 is 0.913.